The van der Waals surface area contributed by atoms with Crippen molar-refractivity contribution in [3.63, 3.8) is 0 Å². The second-order valence-electron chi connectivity index (χ2n) is 5.82. The van der Waals surface area contributed by atoms with E-state index in [1.807, 2.05) is 30.3 Å². The van der Waals surface area contributed by atoms with E-state index < -0.39 is 0 Å². The molecule has 1 aromatic carbocycles. The highest BCUT2D eigenvalue weighted by molar-refractivity contribution is 7.80. The molecule has 1 aliphatic rings. The number of fused-ring (bicyclic) bond motifs is 1. The molecule has 3 rings (SSSR count). The lowest BCUT2D eigenvalue weighted by Crippen LogP contribution is -2.18. The Morgan fingerprint density at radius 2 is 2.00 bits per heavy atom. The molecule has 1 saturated carbocycles. The summed E-state index contributed by atoms with van der Waals surface area (Å²) in [5, 5.41) is 4.50. The summed E-state index contributed by atoms with van der Waals surface area (Å²) in [7, 11) is 0. The topological polar surface area (TPSA) is 50.9 Å². The van der Waals surface area contributed by atoms with Crippen LogP contribution in [-0.2, 0) is 0 Å². The number of para-hydroxylation sites is 1. The van der Waals surface area contributed by atoms with E-state index in [2.05, 4.69) is 10.3 Å². The molecule has 4 heteroatoms. The van der Waals surface area contributed by atoms with Crippen molar-refractivity contribution in [3.05, 3.63) is 35.9 Å². The highest BCUT2D eigenvalue weighted by Gasteiger charge is 2.14. The lowest BCUT2D eigenvalue weighted by atomic mass is 9.89. The molecule has 0 saturated heterocycles. The van der Waals surface area contributed by atoms with Crippen molar-refractivity contribution in [2.45, 2.75) is 32.1 Å². The fourth-order valence-electron chi connectivity index (χ4n) is 3.11. The minimum Gasteiger partial charge on any atom is -0.389 e. The Morgan fingerprint density at radius 3 is 2.76 bits per heavy atom. The maximum atomic E-state index is 5.86. The van der Waals surface area contributed by atoms with Gasteiger partial charge in [0.25, 0.3) is 0 Å². The Hall–Kier alpha value is -1.68. The van der Waals surface area contributed by atoms with Gasteiger partial charge in [0.05, 0.1) is 5.52 Å². The third-order valence-electron chi connectivity index (χ3n) is 4.28. The van der Waals surface area contributed by atoms with Gasteiger partial charge in [-0.1, -0.05) is 49.7 Å². The number of rotatable bonds is 4. The Balaban J connectivity index is 1.83. The van der Waals surface area contributed by atoms with Gasteiger partial charge in [0.2, 0.25) is 0 Å². The molecule has 0 amide bonds. The van der Waals surface area contributed by atoms with Gasteiger partial charge in [-0.15, -0.1) is 0 Å². The van der Waals surface area contributed by atoms with Crippen LogP contribution in [0.15, 0.2) is 30.3 Å². The van der Waals surface area contributed by atoms with Crippen LogP contribution >= 0.6 is 12.2 Å². The van der Waals surface area contributed by atoms with Crippen LogP contribution in [0, 0.1) is 5.92 Å². The SMILES string of the molecule is NC(=S)c1cc(NCC2CCCCC2)nc2ccccc12. The largest absolute Gasteiger partial charge is 0.389 e. The fourth-order valence-corrected chi connectivity index (χ4v) is 3.28. The Labute approximate surface area is 130 Å². The highest BCUT2D eigenvalue weighted by atomic mass is 32.1. The molecular weight excluding hydrogens is 278 g/mol. The maximum absolute atomic E-state index is 5.86. The molecule has 1 heterocycles. The number of nitrogens with one attached hydrogen (secondary N) is 1. The van der Waals surface area contributed by atoms with Crippen molar-refractivity contribution in [2.75, 3.05) is 11.9 Å². The monoisotopic (exact) mass is 299 g/mol. The Kier molecular flexibility index (Phi) is 4.34. The van der Waals surface area contributed by atoms with Gasteiger partial charge in [0.15, 0.2) is 0 Å². The van der Waals surface area contributed by atoms with Crippen LogP contribution < -0.4 is 11.1 Å². The first-order valence-electron chi connectivity index (χ1n) is 7.67. The Bertz CT molecular complexity index is 648. The van der Waals surface area contributed by atoms with Crippen LogP contribution in [0.4, 0.5) is 5.82 Å². The van der Waals surface area contributed by atoms with Crippen LogP contribution in [0.1, 0.15) is 37.7 Å². The lowest BCUT2D eigenvalue weighted by Gasteiger charge is -2.22. The zero-order chi connectivity index (χ0) is 14.7. The summed E-state index contributed by atoms with van der Waals surface area (Å²) >= 11 is 5.18. The van der Waals surface area contributed by atoms with E-state index in [4.69, 9.17) is 18.0 Å². The number of nitrogens with two attached hydrogens (primary N) is 1. The third kappa shape index (κ3) is 3.32. The van der Waals surface area contributed by atoms with Crippen molar-refractivity contribution in [1.82, 2.24) is 4.98 Å². The predicted octanol–water partition coefficient (Wildman–Crippen LogP) is 3.86. The summed E-state index contributed by atoms with van der Waals surface area (Å²) in [5.74, 6) is 1.64. The number of nitrogens with zero attached hydrogens (tertiary/aromatic N) is 1. The van der Waals surface area contributed by atoms with E-state index in [9.17, 15) is 0 Å². The molecule has 3 nitrogen and oxygen atoms in total. The standard InChI is InChI=1S/C17H21N3S/c18-17(21)14-10-16(19-11-12-6-2-1-3-7-12)20-15-9-5-4-8-13(14)15/h4-5,8-10,12H,1-3,6-7,11H2,(H2,18,21)(H,19,20). The first-order chi connectivity index (χ1) is 10.2. The van der Waals surface area contributed by atoms with E-state index in [1.165, 1.54) is 32.1 Å². The molecule has 0 atom stereocenters. The van der Waals surface area contributed by atoms with Gasteiger partial charge in [-0.3, -0.25) is 0 Å². The molecule has 0 bridgehead atoms. The van der Waals surface area contributed by atoms with Gasteiger partial charge < -0.3 is 11.1 Å². The molecule has 0 unspecified atom stereocenters. The quantitative estimate of drug-likeness (QED) is 0.842. The average molecular weight is 299 g/mol. The molecule has 21 heavy (non-hydrogen) atoms. The molecule has 1 aromatic heterocycles. The second kappa shape index (κ2) is 6.39. The van der Waals surface area contributed by atoms with E-state index in [-0.39, 0.29) is 0 Å². The highest BCUT2D eigenvalue weighted by Crippen LogP contribution is 2.25. The molecule has 110 valence electrons. The average Bonchev–Trinajstić information content (AvgIpc) is 2.53. The van der Waals surface area contributed by atoms with Crippen LogP contribution in [0.2, 0.25) is 0 Å². The van der Waals surface area contributed by atoms with Gasteiger partial charge in [-0.2, -0.15) is 0 Å². The molecular formula is C17H21N3S. The fraction of sp³-hybridized carbons (Fsp3) is 0.412. The normalized spacial score (nSPS) is 16.0. The van der Waals surface area contributed by atoms with Gasteiger partial charge in [0.1, 0.15) is 10.8 Å². The summed E-state index contributed by atoms with van der Waals surface area (Å²) in [6, 6.07) is 9.97. The summed E-state index contributed by atoms with van der Waals surface area (Å²) in [5.41, 5.74) is 7.71. The smallest absolute Gasteiger partial charge is 0.127 e. The predicted molar refractivity (Wildman–Crippen MR) is 92.7 cm³/mol. The lowest BCUT2D eigenvalue weighted by molar-refractivity contribution is 0.373. The molecule has 0 aliphatic heterocycles. The van der Waals surface area contributed by atoms with Crippen molar-refractivity contribution >= 4 is 33.9 Å². The van der Waals surface area contributed by atoms with Crippen LogP contribution in [0.25, 0.3) is 10.9 Å². The first-order valence-corrected chi connectivity index (χ1v) is 8.08. The first kappa shape index (κ1) is 14.3. The van der Waals surface area contributed by atoms with Gasteiger partial charge in [-0.05, 0) is 30.9 Å². The molecule has 3 N–H and O–H groups in total. The zero-order valence-corrected chi connectivity index (χ0v) is 13.0. The van der Waals surface area contributed by atoms with E-state index >= 15 is 0 Å². The van der Waals surface area contributed by atoms with Crippen molar-refractivity contribution in [3.8, 4) is 0 Å². The van der Waals surface area contributed by atoms with Crippen LogP contribution in [-0.4, -0.2) is 16.5 Å². The van der Waals surface area contributed by atoms with Crippen molar-refractivity contribution in [2.24, 2.45) is 11.7 Å². The van der Waals surface area contributed by atoms with Gasteiger partial charge in [-0.25, -0.2) is 4.98 Å². The number of anilines is 1. The number of aromatic nitrogens is 1. The minimum absolute atomic E-state index is 0.425. The minimum atomic E-state index is 0.425. The zero-order valence-electron chi connectivity index (χ0n) is 12.1. The third-order valence-corrected chi connectivity index (χ3v) is 4.50. The number of pyridine rings is 1. The van der Waals surface area contributed by atoms with Crippen LogP contribution in [0.3, 0.4) is 0 Å². The molecule has 0 radical (unpaired) electrons. The van der Waals surface area contributed by atoms with E-state index in [1.54, 1.807) is 0 Å². The van der Waals surface area contributed by atoms with Crippen LogP contribution in [0.5, 0.6) is 0 Å². The number of thiocarbonyl (C=S) groups is 1. The summed E-state index contributed by atoms with van der Waals surface area (Å²) < 4.78 is 0. The summed E-state index contributed by atoms with van der Waals surface area (Å²) in [6.45, 7) is 0.988. The molecule has 2 aromatic rings. The summed E-state index contributed by atoms with van der Waals surface area (Å²) in [6.07, 6.45) is 6.74. The number of hydrogen-bond donors (Lipinski definition) is 2. The van der Waals surface area contributed by atoms with E-state index in [0.717, 1.165) is 34.7 Å². The number of hydrogen-bond acceptors (Lipinski definition) is 3. The maximum Gasteiger partial charge on any atom is 0.127 e. The van der Waals surface area contributed by atoms with Gasteiger partial charge >= 0.3 is 0 Å². The molecule has 0 spiro atoms. The van der Waals surface area contributed by atoms with Crippen molar-refractivity contribution in [1.29, 1.82) is 0 Å². The van der Waals surface area contributed by atoms with E-state index in [0.29, 0.717) is 4.99 Å². The molecule has 1 fully saturated rings. The number of benzene rings is 1. The van der Waals surface area contributed by atoms with Gasteiger partial charge in [0, 0.05) is 17.5 Å². The second-order valence-corrected chi connectivity index (χ2v) is 6.26. The Morgan fingerprint density at radius 1 is 1.24 bits per heavy atom. The summed E-state index contributed by atoms with van der Waals surface area (Å²) in [4.78, 5) is 5.10. The molecule has 1 aliphatic carbocycles. The van der Waals surface area contributed by atoms with Crippen molar-refractivity contribution < 1.29 is 0 Å².